The van der Waals surface area contributed by atoms with Gasteiger partial charge >= 0.3 is 0 Å². The summed E-state index contributed by atoms with van der Waals surface area (Å²) in [6, 6.07) is 8.48. The normalized spacial score (nSPS) is 17.8. The highest BCUT2D eigenvalue weighted by Gasteiger charge is 2.25. The fraction of sp³-hybridized carbons (Fsp3) is 0.556. The highest BCUT2D eigenvalue weighted by atomic mass is 16.5. The van der Waals surface area contributed by atoms with E-state index in [0.717, 1.165) is 56.6 Å². The zero-order valence-electron chi connectivity index (χ0n) is 14.7. The van der Waals surface area contributed by atoms with Crippen molar-refractivity contribution in [1.29, 1.82) is 0 Å². The smallest absolute Gasteiger partial charge is 0.243 e. The van der Waals surface area contributed by atoms with Gasteiger partial charge in [-0.15, -0.1) is 0 Å². The average Bonchev–Trinajstić information content (AvgIpc) is 3.11. The molecule has 0 aliphatic carbocycles. The van der Waals surface area contributed by atoms with Gasteiger partial charge in [-0.2, -0.15) is 4.98 Å². The van der Waals surface area contributed by atoms with Crippen molar-refractivity contribution in [3.05, 3.63) is 41.5 Å². The molecule has 1 aliphatic heterocycles. The lowest BCUT2D eigenvalue weighted by atomic mass is 10.1. The minimum atomic E-state index is 0.178. The standard InChI is InChI=1S/C18H26N4O2/c1-4-17-19-18(24-20-17)14(2)22-10-8-21(9-11-22)13-15-6-5-7-16(12-15)23-3/h5-7,12,14H,4,8-11,13H2,1-3H3/t14-/m0/s1. The fourth-order valence-electron chi connectivity index (χ4n) is 3.07. The van der Waals surface area contributed by atoms with E-state index in [-0.39, 0.29) is 6.04 Å². The largest absolute Gasteiger partial charge is 0.497 e. The van der Waals surface area contributed by atoms with E-state index < -0.39 is 0 Å². The Kier molecular flexibility index (Phi) is 5.48. The fourth-order valence-corrected chi connectivity index (χ4v) is 3.07. The van der Waals surface area contributed by atoms with Gasteiger partial charge in [0, 0.05) is 39.1 Å². The van der Waals surface area contributed by atoms with Crippen molar-refractivity contribution in [2.24, 2.45) is 0 Å². The van der Waals surface area contributed by atoms with Gasteiger partial charge in [0.05, 0.1) is 13.2 Å². The van der Waals surface area contributed by atoms with E-state index in [0.29, 0.717) is 0 Å². The van der Waals surface area contributed by atoms with Crippen molar-refractivity contribution in [1.82, 2.24) is 19.9 Å². The molecule has 130 valence electrons. The first-order chi connectivity index (χ1) is 11.7. The van der Waals surface area contributed by atoms with E-state index >= 15 is 0 Å². The molecular weight excluding hydrogens is 304 g/mol. The number of ether oxygens (including phenoxy) is 1. The third-order valence-corrected chi connectivity index (χ3v) is 4.65. The molecule has 2 aromatic rings. The Morgan fingerprint density at radius 3 is 2.71 bits per heavy atom. The molecule has 3 rings (SSSR count). The van der Waals surface area contributed by atoms with Crippen molar-refractivity contribution in [2.75, 3.05) is 33.3 Å². The van der Waals surface area contributed by atoms with Crippen LogP contribution in [0, 0.1) is 0 Å². The van der Waals surface area contributed by atoms with E-state index in [1.165, 1.54) is 5.56 Å². The second-order valence-electron chi connectivity index (χ2n) is 6.24. The highest BCUT2D eigenvalue weighted by Crippen LogP contribution is 2.21. The summed E-state index contributed by atoms with van der Waals surface area (Å²) in [6.45, 7) is 9.23. The molecule has 0 amide bonds. The predicted octanol–water partition coefficient (Wildman–Crippen LogP) is 2.52. The lowest BCUT2D eigenvalue weighted by Crippen LogP contribution is -2.46. The molecule has 1 aromatic heterocycles. The number of rotatable bonds is 6. The van der Waals surface area contributed by atoms with Crippen LogP contribution in [0.1, 0.15) is 37.2 Å². The molecule has 1 saturated heterocycles. The van der Waals surface area contributed by atoms with E-state index in [1.54, 1.807) is 7.11 Å². The predicted molar refractivity (Wildman–Crippen MR) is 91.9 cm³/mol. The maximum atomic E-state index is 5.39. The number of nitrogens with zero attached hydrogens (tertiary/aromatic N) is 4. The van der Waals surface area contributed by atoms with Gasteiger partial charge in [0.25, 0.3) is 0 Å². The van der Waals surface area contributed by atoms with Crippen LogP contribution in [0.3, 0.4) is 0 Å². The summed E-state index contributed by atoms with van der Waals surface area (Å²) in [6.07, 6.45) is 0.810. The number of aromatic nitrogens is 2. The minimum absolute atomic E-state index is 0.178. The van der Waals surface area contributed by atoms with Crippen molar-refractivity contribution >= 4 is 0 Å². The molecule has 2 heterocycles. The van der Waals surface area contributed by atoms with E-state index in [2.05, 4.69) is 39.0 Å². The zero-order chi connectivity index (χ0) is 16.9. The first-order valence-corrected chi connectivity index (χ1v) is 8.61. The lowest BCUT2D eigenvalue weighted by Gasteiger charge is -2.36. The van der Waals surface area contributed by atoms with Crippen LogP contribution >= 0.6 is 0 Å². The van der Waals surface area contributed by atoms with Gasteiger partial charge in [0.15, 0.2) is 5.82 Å². The SMILES string of the molecule is CCc1noc([C@H](C)N2CCN(Cc3cccc(OC)c3)CC2)n1. The quantitative estimate of drug-likeness (QED) is 0.811. The Hall–Kier alpha value is -1.92. The topological polar surface area (TPSA) is 54.6 Å². The van der Waals surface area contributed by atoms with E-state index in [4.69, 9.17) is 9.26 Å². The molecule has 0 unspecified atom stereocenters. The molecule has 6 nitrogen and oxygen atoms in total. The Morgan fingerprint density at radius 2 is 2.04 bits per heavy atom. The number of aryl methyl sites for hydroxylation is 1. The molecule has 6 heteroatoms. The summed E-state index contributed by atoms with van der Waals surface area (Å²) in [7, 11) is 1.71. The zero-order valence-corrected chi connectivity index (χ0v) is 14.7. The molecule has 0 N–H and O–H groups in total. The molecule has 1 aliphatic rings. The van der Waals surface area contributed by atoms with E-state index in [1.807, 2.05) is 19.1 Å². The minimum Gasteiger partial charge on any atom is -0.497 e. The molecule has 0 radical (unpaired) electrons. The van der Waals surface area contributed by atoms with Crippen molar-refractivity contribution < 1.29 is 9.26 Å². The number of hydrogen-bond donors (Lipinski definition) is 0. The lowest BCUT2D eigenvalue weighted by molar-refractivity contribution is 0.0845. The second-order valence-corrected chi connectivity index (χ2v) is 6.24. The summed E-state index contributed by atoms with van der Waals surface area (Å²) in [5, 5.41) is 4.00. The third-order valence-electron chi connectivity index (χ3n) is 4.65. The Labute approximate surface area is 143 Å². The van der Waals surface area contributed by atoms with Crippen LogP contribution in [0.2, 0.25) is 0 Å². The van der Waals surface area contributed by atoms with Gasteiger partial charge in [-0.05, 0) is 24.6 Å². The molecule has 1 fully saturated rings. The highest BCUT2D eigenvalue weighted by molar-refractivity contribution is 5.28. The third kappa shape index (κ3) is 3.94. The monoisotopic (exact) mass is 330 g/mol. The Bertz CT molecular complexity index is 650. The van der Waals surface area contributed by atoms with Gasteiger partial charge in [0.2, 0.25) is 5.89 Å². The van der Waals surface area contributed by atoms with Crippen LogP contribution in [0.25, 0.3) is 0 Å². The van der Waals surface area contributed by atoms with Gasteiger partial charge in [0.1, 0.15) is 5.75 Å². The number of hydrogen-bond acceptors (Lipinski definition) is 6. The van der Waals surface area contributed by atoms with Crippen LogP contribution in [-0.2, 0) is 13.0 Å². The molecule has 0 saturated carbocycles. The average molecular weight is 330 g/mol. The molecule has 24 heavy (non-hydrogen) atoms. The summed E-state index contributed by atoms with van der Waals surface area (Å²) < 4.78 is 10.7. The number of methoxy groups -OCH3 is 1. The molecule has 0 spiro atoms. The Morgan fingerprint density at radius 1 is 1.25 bits per heavy atom. The van der Waals surface area contributed by atoms with Crippen molar-refractivity contribution in [3.8, 4) is 5.75 Å². The van der Waals surface area contributed by atoms with Gasteiger partial charge in [-0.1, -0.05) is 24.2 Å². The maximum Gasteiger partial charge on any atom is 0.243 e. The van der Waals surface area contributed by atoms with Gasteiger partial charge in [-0.25, -0.2) is 0 Å². The van der Waals surface area contributed by atoms with Crippen LogP contribution < -0.4 is 4.74 Å². The number of benzene rings is 1. The molecule has 1 aromatic carbocycles. The Balaban J connectivity index is 1.53. The van der Waals surface area contributed by atoms with Crippen molar-refractivity contribution in [2.45, 2.75) is 32.9 Å². The van der Waals surface area contributed by atoms with Crippen LogP contribution in [0.5, 0.6) is 5.75 Å². The summed E-state index contributed by atoms with van der Waals surface area (Å²) in [5.74, 6) is 2.43. The maximum absolute atomic E-state index is 5.39. The van der Waals surface area contributed by atoms with Crippen LogP contribution in [0.4, 0.5) is 0 Å². The van der Waals surface area contributed by atoms with Gasteiger partial charge in [-0.3, -0.25) is 9.80 Å². The first-order valence-electron chi connectivity index (χ1n) is 8.61. The van der Waals surface area contributed by atoms with Crippen LogP contribution in [-0.4, -0.2) is 53.2 Å². The molecule has 0 bridgehead atoms. The first kappa shape index (κ1) is 16.9. The van der Waals surface area contributed by atoms with E-state index in [9.17, 15) is 0 Å². The second kappa shape index (κ2) is 7.77. The van der Waals surface area contributed by atoms with Gasteiger partial charge < -0.3 is 9.26 Å². The molecule has 1 atom stereocenters. The summed E-state index contributed by atoms with van der Waals surface area (Å²) in [5.41, 5.74) is 1.29. The van der Waals surface area contributed by atoms with Crippen LogP contribution in [0.15, 0.2) is 28.8 Å². The summed E-state index contributed by atoms with van der Waals surface area (Å²) >= 11 is 0. The number of piperazine rings is 1. The molecular formula is C18H26N4O2. The summed E-state index contributed by atoms with van der Waals surface area (Å²) in [4.78, 5) is 9.35. The van der Waals surface area contributed by atoms with Crippen molar-refractivity contribution in [3.63, 3.8) is 0 Å².